The number of halogens is 2. The minimum absolute atomic E-state index is 0.202. The molecule has 2 aromatic rings. The van der Waals surface area contributed by atoms with Crippen LogP contribution >= 0.6 is 31.9 Å². The van der Waals surface area contributed by atoms with Gasteiger partial charge in [0.1, 0.15) is 5.52 Å². The lowest BCUT2D eigenvalue weighted by molar-refractivity contribution is -0.121. The van der Waals surface area contributed by atoms with Gasteiger partial charge in [0.05, 0.1) is 11.1 Å². The molecule has 0 atom stereocenters. The number of amides is 1. The summed E-state index contributed by atoms with van der Waals surface area (Å²) in [6.07, 6.45) is 2.63. The van der Waals surface area contributed by atoms with Crippen molar-refractivity contribution in [2.24, 2.45) is 5.84 Å². The second-order valence-electron chi connectivity index (χ2n) is 4.09. The zero-order valence-electron chi connectivity index (χ0n) is 10.5. The van der Waals surface area contributed by atoms with E-state index in [1.807, 2.05) is 18.2 Å². The smallest absolute Gasteiger partial charge is 0.234 e. The predicted octanol–water partition coefficient (Wildman–Crippen LogP) is 2.91. The van der Waals surface area contributed by atoms with E-state index in [9.17, 15) is 4.79 Å². The van der Waals surface area contributed by atoms with Crippen molar-refractivity contribution in [3.63, 3.8) is 0 Å². The van der Waals surface area contributed by atoms with Crippen molar-refractivity contribution in [2.75, 3.05) is 6.61 Å². The summed E-state index contributed by atoms with van der Waals surface area (Å²) in [4.78, 5) is 15.4. The number of ether oxygens (including phenoxy) is 1. The van der Waals surface area contributed by atoms with E-state index in [2.05, 4.69) is 42.3 Å². The van der Waals surface area contributed by atoms with E-state index in [0.717, 1.165) is 19.8 Å². The van der Waals surface area contributed by atoms with E-state index >= 15 is 0 Å². The van der Waals surface area contributed by atoms with E-state index in [0.29, 0.717) is 25.2 Å². The molecule has 0 spiro atoms. The molecule has 0 saturated carbocycles. The Morgan fingerprint density at radius 3 is 2.95 bits per heavy atom. The Kier molecular flexibility index (Phi) is 5.33. The van der Waals surface area contributed by atoms with Gasteiger partial charge in [-0.05, 0) is 34.5 Å². The molecular formula is C13H13Br2N3O2. The summed E-state index contributed by atoms with van der Waals surface area (Å²) in [5.41, 5.74) is 2.86. The van der Waals surface area contributed by atoms with Gasteiger partial charge in [-0.25, -0.2) is 5.84 Å². The molecule has 20 heavy (non-hydrogen) atoms. The molecule has 0 unspecified atom stereocenters. The minimum atomic E-state index is -0.202. The molecule has 2 rings (SSSR count). The molecule has 106 valence electrons. The maximum atomic E-state index is 11.0. The van der Waals surface area contributed by atoms with Crippen LogP contribution in [0.1, 0.15) is 12.8 Å². The van der Waals surface area contributed by atoms with Crippen molar-refractivity contribution in [2.45, 2.75) is 12.8 Å². The van der Waals surface area contributed by atoms with Crippen molar-refractivity contribution >= 4 is 48.7 Å². The quantitative estimate of drug-likeness (QED) is 0.349. The molecule has 0 radical (unpaired) electrons. The highest BCUT2D eigenvalue weighted by Gasteiger charge is 2.11. The number of nitrogens with two attached hydrogens (primary N) is 1. The molecule has 1 heterocycles. The van der Waals surface area contributed by atoms with Crippen LogP contribution in [-0.2, 0) is 4.79 Å². The van der Waals surface area contributed by atoms with Crippen LogP contribution in [0.5, 0.6) is 5.75 Å². The molecule has 5 nitrogen and oxygen atoms in total. The maximum Gasteiger partial charge on any atom is 0.234 e. The van der Waals surface area contributed by atoms with Gasteiger partial charge in [0, 0.05) is 22.5 Å². The summed E-state index contributed by atoms with van der Waals surface area (Å²) in [6, 6.07) is 5.76. The number of rotatable bonds is 5. The fraction of sp³-hybridized carbons (Fsp3) is 0.231. The molecule has 0 aliphatic carbocycles. The molecule has 1 aromatic carbocycles. The molecule has 0 aliphatic heterocycles. The molecule has 1 amide bonds. The topological polar surface area (TPSA) is 77.2 Å². The minimum Gasteiger partial charge on any atom is -0.490 e. The van der Waals surface area contributed by atoms with E-state index in [-0.39, 0.29) is 5.91 Å². The predicted molar refractivity (Wildman–Crippen MR) is 84.2 cm³/mol. The molecule has 0 bridgehead atoms. The van der Waals surface area contributed by atoms with Gasteiger partial charge in [-0.15, -0.1) is 0 Å². The lowest BCUT2D eigenvalue weighted by Crippen LogP contribution is -2.29. The van der Waals surface area contributed by atoms with E-state index in [1.54, 1.807) is 6.20 Å². The first-order valence-electron chi connectivity index (χ1n) is 5.98. The maximum absolute atomic E-state index is 11.0. The second kappa shape index (κ2) is 7.01. The molecule has 1 aromatic heterocycles. The Labute approximate surface area is 133 Å². The number of carbonyl (C=O) groups excluding carboxylic acids is 1. The van der Waals surface area contributed by atoms with Gasteiger partial charge < -0.3 is 4.74 Å². The first-order valence-corrected chi connectivity index (χ1v) is 7.57. The highest BCUT2D eigenvalue weighted by molar-refractivity contribution is 9.11. The highest BCUT2D eigenvalue weighted by Crippen LogP contribution is 2.37. The number of pyridine rings is 1. The Morgan fingerprint density at radius 1 is 1.40 bits per heavy atom. The molecule has 3 N–H and O–H groups in total. The number of benzene rings is 1. The van der Waals surface area contributed by atoms with Crippen LogP contribution in [0.25, 0.3) is 10.9 Å². The summed E-state index contributed by atoms with van der Waals surface area (Å²) in [5.74, 6) is 5.49. The van der Waals surface area contributed by atoms with Crippen LogP contribution in [0.2, 0.25) is 0 Å². The molecule has 0 saturated heterocycles. The van der Waals surface area contributed by atoms with Crippen molar-refractivity contribution < 1.29 is 9.53 Å². The van der Waals surface area contributed by atoms with E-state index in [1.165, 1.54) is 0 Å². The molecular weight excluding hydrogens is 390 g/mol. The van der Waals surface area contributed by atoms with Crippen LogP contribution in [0, 0.1) is 0 Å². The third-order valence-corrected chi connectivity index (χ3v) is 3.95. The summed E-state index contributed by atoms with van der Waals surface area (Å²) < 4.78 is 7.51. The Bertz CT molecular complexity index is 634. The summed E-state index contributed by atoms with van der Waals surface area (Å²) in [6.45, 7) is 0.416. The number of hydrogen-bond acceptors (Lipinski definition) is 4. The van der Waals surface area contributed by atoms with Gasteiger partial charge in [-0.2, -0.15) is 0 Å². The summed E-state index contributed by atoms with van der Waals surface area (Å²) >= 11 is 6.97. The molecule has 7 heteroatoms. The normalized spacial score (nSPS) is 10.6. The zero-order valence-corrected chi connectivity index (χ0v) is 13.7. The van der Waals surface area contributed by atoms with Crippen molar-refractivity contribution in [3.8, 4) is 5.75 Å². The van der Waals surface area contributed by atoms with Gasteiger partial charge in [0.15, 0.2) is 5.75 Å². The number of nitrogens with one attached hydrogen (secondary N) is 1. The SMILES string of the molecule is NNC(=O)CCCOc1c(Br)cc(Br)c2cccnc12. The third-order valence-electron chi connectivity index (χ3n) is 2.71. The number of aromatic nitrogens is 1. The third kappa shape index (κ3) is 3.47. The van der Waals surface area contributed by atoms with Crippen LogP contribution in [0.15, 0.2) is 33.3 Å². The summed E-state index contributed by atoms with van der Waals surface area (Å²) in [7, 11) is 0. The second-order valence-corrected chi connectivity index (χ2v) is 5.80. The largest absolute Gasteiger partial charge is 0.490 e. The Hall–Kier alpha value is -1.18. The number of carbonyl (C=O) groups is 1. The van der Waals surface area contributed by atoms with E-state index < -0.39 is 0 Å². The fourth-order valence-corrected chi connectivity index (χ4v) is 3.15. The van der Waals surface area contributed by atoms with Crippen LogP contribution < -0.4 is 16.0 Å². The van der Waals surface area contributed by atoms with Crippen LogP contribution in [0.3, 0.4) is 0 Å². The number of hydrazine groups is 1. The number of hydrogen-bond donors (Lipinski definition) is 2. The van der Waals surface area contributed by atoms with Crippen molar-refractivity contribution in [3.05, 3.63) is 33.3 Å². The van der Waals surface area contributed by atoms with Crippen molar-refractivity contribution in [1.82, 2.24) is 10.4 Å². The summed E-state index contributed by atoms with van der Waals surface area (Å²) in [5, 5.41) is 0.977. The fourth-order valence-electron chi connectivity index (χ4n) is 1.76. The van der Waals surface area contributed by atoms with Crippen LogP contribution in [-0.4, -0.2) is 17.5 Å². The van der Waals surface area contributed by atoms with E-state index in [4.69, 9.17) is 10.6 Å². The van der Waals surface area contributed by atoms with Gasteiger partial charge in [-0.3, -0.25) is 15.2 Å². The first-order chi connectivity index (χ1) is 9.63. The average Bonchev–Trinajstić information content (AvgIpc) is 2.46. The molecule has 0 fully saturated rings. The van der Waals surface area contributed by atoms with Gasteiger partial charge >= 0.3 is 0 Å². The average molecular weight is 403 g/mol. The number of fused-ring (bicyclic) bond motifs is 1. The van der Waals surface area contributed by atoms with Gasteiger partial charge in [-0.1, -0.05) is 22.0 Å². The zero-order chi connectivity index (χ0) is 14.5. The van der Waals surface area contributed by atoms with Gasteiger partial charge in [0.2, 0.25) is 5.91 Å². The number of nitrogens with zero attached hydrogens (tertiary/aromatic N) is 1. The van der Waals surface area contributed by atoms with Gasteiger partial charge in [0.25, 0.3) is 0 Å². The Balaban J connectivity index is 2.15. The first kappa shape index (κ1) is 15.2. The van der Waals surface area contributed by atoms with Crippen molar-refractivity contribution in [1.29, 1.82) is 0 Å². The van der Waals surface area contributed by atoms with Crippen LogP contribution in [0.4, 0.5) is 0 Å². The standard InChI is InChI=1S/C13H13Br2N3O2/c14-9-7-10(15)13(12-8(9)3-1-5-17-12)20-6-2-4-11(19)18-16/h1,3,5,7H,2,4,6,16H2,(H,18,19). The lowest BCUT2D eigenvalue weighted by Gasteiger charge is -2.11. The monoisotopic (exact) mass is 401 g/mol. The lowest BCUT2D eigenvalue weighted by atomic mass is 10.2. The Morgan fingerprint density at radius 2 is 2.20 bits per heavy atom. The highest BCUT2D eigenvalue weighted by atomic mass is 79.9. The molecule has 0 aliphatic rings.